The molecule has 7 nitrogen and oxygen atoms in total. The van der Waals surface area contributed by atoms with Gasteiger partial charge in [0.05, 0.1) is 35.7 Å². The maximum absolute atomic E-state index is 11.9. The minimum Gasteiger partial charge on any atom is -0.371 e. The lowest BCUT2D eigenvalue weighted by Gasteiger charge is -2.24. The number of nitrogens with two attached hydrogens (primary N) is 1. The van der Waals surface area contributed by atoms with Crippen LogP contribution in [-0.4, -0.2) is 35.4 Å². The third-order valence-electron chi connectivity index (χ3n) is 5.06. The van der Waals surface area contributed by atoms with Gasteiger partial charge in [-0.05, 0) is 36.8 Å². The van der Waals surface area contributed by atoms with Crippen molar-refractivity contribution in [1.29, 1.82) is 5.26 Å². The SMILES string of the molecule is Cc1c(C(N)=O)nn(-c2ccc(C3CNCCO3)cc2)c1-c1cccc(C#N)c1. The van der Waals surface area contributed by atoms with E-state index in [-0.39, 0.29) is 11.8 Å². The first-order valence-corrected chi connectivity index (χ1v) is 9.41. The van der Waals surface area contributed by atoms with Gasteiger partial charge in [0.1, 0.15) is 0 Å². The lowest BCUT2D eigenvalue weighted by molar-refractivity contribution is 0.0277. The fraction of sp³-hybridized carbons (Fsp3) is 0.227. The average molecular weight is 387 g/mol. The van der Waals surface area contributed by atoms with Gasteiger partial charge in [-0.15, -0.1) is 0 Å². The van der Waals surface area contributed by atoms with Gasteiger partial charge in [0.2, 0.25) is 0 Å². The van der Waals surface area contributed by atoms with E-state index in [9.17, 15) is 10.1 Å². The summed E-state index contributed by atoms with van der Waals surface area (Å²) in [6.45, 7) is 4.14. The molecule has 3 aromatic rings. The predicted molar refractivity (Wildman–Crippen MR) is 109 cm³/mol. The Balaban J connectivity index is 1.79. The summed E-state index contributed by atoms with van der Waals surface area (Å²) >= 11 is 0. The second-order valence-electron chi connectivity index (χ2n) is 6.95. The molecule has 1 atom stereocenters. The van der Waals surface area contributed by atoms with Crippen LogP contribution >= 0.6 is 0 Å². The largest absolute Gasteiger partial charge is 0.371 e. The minimum absolute atomic E-state index is 0.0186. The van der Waals surface area contributed by atoms with Crippen molar-refractivity contribution in [3.05, 3.63) is 70.9 Å². The van der Waals surface area contributed by atoms with Crippen LogP contribution in [0.2, 0.25) is 0 Å². The second kappa shape index (κ2) is 7.87. The number of rotatable bonds is 4. The monoisotopic (exact) mass is 387 g/mol. The number of amides is 1. The molecule has 0 bridgehead atoms. The van der Waals surface area contributed by atoms with Gasteiger partial charge in [-0.25, -0.2) is 4.68 Å². The molecule has 3 N–H and O–H groups in total. The zero-order valence-corrected chi connectivity index (χ0v) is 16.1. The van der Waals surface area contributed by atoms with E-state index in [0.29, 0.717) is 17.7 Å². The Bertz CT molecular complexity index is 1090. The Hall–Kier alpha value is -3.47. The normalized spacial score (nSPS) is 16.3. The van der Waals surface area contributed by atoms with Crippen LogP contribution in [0, 0.1) is 18.3 Å². The summed E-state index contributed by atoms with van der Waals surface area (Å²) < 4.78 is 7.51. The van der Waals surface area contributed by atoms with Crippen molar-refractivity contribution in [2.24, 2.45) is 5.73 Å². The van der Waals surface area contributed by atoms with Crippen LogP contribution < -0.4 is 11.1 Å². The van der Waals surface area contributed by atoms with Gasteiger partial charge >= 0.3 is 0 Å². The molecule has 0 aliphatic carbocycles. The summed E-state index contributed by atoms with van der Waals surface area (Å²) in [7, 11) is 0. The number of hydrogen-bond acceptors (Lipinski definition) is 5. The van der Waals surface area contributed by atoms with Crippen LogP contribution in [0.15, 0.2) is 48.5 Å². The summed E-state index contributed by atoms with van der Waals surface area (Å²) in [5.41, 5.74) is 10.4. The number of nitriles is 1. The molecule has 4 rings (SSSR count). The molecular weight excluding hydrogens is 366 g/mol. The zero-order valence-electron chi connectivity index (χ0n) is 16.1. The molecule has 0 saturated carbocycles. The fourth-order valence-electron chi connectivity index (χ4n) is 3.60. The van der Waals surface area contributed by atoms with E-state index in [1.807, 2.05) is 43.3 Å². The van der Waals surface area contributed by atoms with Crippen molar-refractivity contribution < 1.29 is 9.53 Å². The highest BCUT2D eigenvalue weighted by Crippen LogP contribution is 2.30. The first kappa shape index (κ1) is 18.9. The first-order chi connectivity index (χ1) is 14.1. The number of ether oxygens (including phenoxy) is 1. The second-order valence-corrected chi connectivity index (χ2v) is 6.95. The molecule has 7 heteroatoms. The van der Waals surface area contributed by atoms with Gasteiger partial charge in [-0.1, -0.05) is 24.3 Å². The Morgan fingerprint density at radius 2 is 2.10 bits per heavy atom. The van der Waals surface area contributed by atoms with Gasteiger partial charge in [0, 0.05) is 24.2 Å². The fourth-order valence-corrected chi connectivity index (χ4v) is 3.60. The molecule has 1 fully saturated rings. The van der Waals surface area contributed by atoms with Crippen LogP contribution in [-0.2, 0) is 4.74 Å². The van der Waals surface area contributed by atoms with E-state index in [1.165, 1.54) is 0 Å². The molecule has 1 amide bonds. The summed E-state index contributed by atoms with van der Waals surface area (Å²) in [6, 6.07) is 17.3. The summed E-state index contributed by atoms with van der Waals surface area (Å²) in [4.78, 5) is 11.9. The zero-order chi connectivity index (χ0) is 20.4. The van der Waals surface area contributed by atoms with Crippen LogP contribution in [0.1, 0.15) is 33.3 Å². The first-order valence-electron chi connectivity index (χ1n) is 9.41. The molecule has 1 aromatic heterocycles. The third kappa shape index (κ3) is 3.63. The lowest BCUT2D eigenvalue weighted by atomic mass is 10.0. The topological polar surface area (TPSA) is 106 Å². The van der Waals surface area contributed by atoms with Crippen molar-refractivity contribution >= 4 is 5.91 Å². The van der Waals surface area contributed by atoms with E-state index in [0.717, 1.165) is 35.6 Å². The van der Waals surface area contributed by atoms with E-state index < -0.39 is 5.91 Å². The maximum atomic E-state index is 11.9. The highest BCUT2D eigenvalue weighted by molar-refractivity contribution is 5.94. The van der Waals surface area contributed by atoms with E-state index in [4.69, 9.17) is 10.5 Å². The molecule has 29 heavy (non-hydrogen) atoms. The number of primary amides is 1. The van der Waals surface area contributed by atoms with Crippen LogP contribution in [0.3, 0.4) is 0 Å². The molecule has 1 aliphatic heterocycles. The lowest BCUT2D eigenvalue weighted by Crippen LogP contribution is -2.33. The predicted octanol–water partition coefficient (Wildman–Crippen LogP) is 2.48. The van der Waals surface area contributed by atoms with E-state index in [2.05, 4.69) is 16.5 Å². The quantitative estimate of drug-likeness (QED) is 0.715. The Morgan fingerprint density at radius 1 is 1.31 bits per heavy atom. The van der Waals surface area contributed by atoms with Crippen molar-refractivity contribution in [3.8, 4) is 23.0 Å². The third-order valence-corrected chi connectivity index (χ3v) is 5.06. The Labute approximate surface area is 168 Å². The van der Waals surface area contributed by atoms with Gasteiger partial charge in [-0.3, -0.25) is 4.79 Å². The number of carbonyl (C=O) groups is 1. The number of nitrogens with one attached hydrogen (secondary N) is 1. The molecule has 2 aromatic carbocycles. The average Bonchev–Trinajstić information content (AvgIpc) is 3.12. The number of morpholine rings is 1. The number of aromatic nitrogens is 2. The van der Waals surface area contributed by atoms with Crippen LogP contribution in [0.4, 0.5) is 0 Å². The molecule has 1 saturated heterocycles. The van der Waals surface area contributed by atoms with E-state index in [1.54, 1.807) is 16.8 Å². The summed E-state index contributed by atoms with van der Waals surface area (Å²) in [6.07, 6.45) is 0.0186. The summed E-state index contributed by atoms with van der Waals surface area (Å²) in [5, 5.41) is 17.0. The molecule has 0 radical (unpaired) electrons. The maximum Gasteiger partial charge on any atom is 0.269 e. The molecule has 1 aliphatic rings. The van der Waals surface area contributed by atoms with Gasteiger partial charge < -0.3 is 15.8 Å². The van der Waals surface area contributed by atoms with Gasteiger partial charge in [0.25, 0.3) is 5.91 Å². The van der Waals surface area contributed by atoms with Crippen molar-refractivity contribution in [2.45, 2.75) is 13.0 Å². The summed E-state index contributed by atoms with van der Waals surface area (Å²) in [5.74, 6) is -0.586. The molecule has 0 spiro atoms. The Kier molecular flexibility index (Phi) is 5.12. The molecular formula is C22H21N5O2. The standard InChI is InChI=1S/C22H21N5O2/c1-14-20(22(24)28)26-27(21(14)17-4-2-3-15(11-17)12-23)18-7-5-16(6-8-18)19-13-25-9-10-29-19/h2-8,11,19,25H,9-10,13H2,1H3,(H2,24,28). The number of carbonyl (C=O) groups excluding carboxylic acids is 1. The van der Waals surface area contributed by atoms with Crippen molar-refractivity contribution in [1.82, 2.24) is 15.1 Å². The van der Waals surface area contributed by atoms with Crippen molar-refractivity contribution in [2.75, 3.05) is 19.7 Å². The van der Waals surface area contributed by atoms with Gasteiger partial charge in [0.15, 0.2) is 5.69 Å². The van der Waals surface area contributed by atoms with E-state index >= 15 is 0 Å². The highest BCUT2D eigenvalue weighted by atomic mass is 16.5. The molecule has 2 heterocycles. The van der Waals surface area contributed by atoms with Gasteiger partial charge in [-0.2, -0.15) is 10.4 Å². The number of nitrogens with zero attached hydrogens (tertiary/aromatic N) is 3. The van der Waals surface area contributed by atoms with Crippen LogP contribution in [0.25, 0.3) is 16.9 Å². The molecule has 1 unspecified atom stereocenters. The number of hydrogen-bond donors (Lipinski definition) is 2. The molecule has 146 valence electrons. The number of benzene rings is 2. The van der Waals surface area contributed by atoms with Crippen molar-refractivity contribution in [3.63, 3.8) is 0 Å². The minimum atomic E-state index is -0.586. The Morgan fingerprint density at radius 3 is 2.76 bits per heavy atom. The highest BCUT2D eigenvalue weighted by Gasteiger charge is 2.21. The smallest absolute Gasteiger partial charge is 0.269 e. The van der Waals surface area contributed by atoms with Crippen LogP contribution in [0.5, 0.6) is 0 Å².